The highest BCUT2D eigenvalue weighted by molar-refractivity contribution is 5.96. The van der Waals surface area contributed by atoms with Crippen molar-refractivity contribution in [3.63, 3.8) is 0 Å². The number of nitrogens with one attached hydrogen (secondary N) is 2. The maximum atomic E-state index is 12.1. The number of likely N-dealkylation sites (tertiary alicyclic amines) is 1. The summed E-state index contributed by atoms with van der Waals surface area (Å²) in [6.07, 6.45) is 1.72. The van der Waals surface area contributed by atoms with Crippen LogP contribution in [0.2, 0.25) is 0 Å². The fourth-order valence-electron chi connectivity index (χ4n) is 2.71. The van der Waals surface area contributed by atoms with E-state index < -0.39 is 0 Å². The monoisotopic (exact) mass is 317 g/mol. The van der Waals surface area contributed by atoms with Crippen LogP contribution < -0.4 is 10.6 Å². The molecule has 23 heavy (non-hydrogen) atoms. The minimum atomic E-state index is -0.0708. The maximum absolute atomic E-state index is 12.1. The molecule has 1 saturated heterocycles. The second-order valence-electron chi connectivity index (χ2n) is 5.93. The standard InChI is InChI=1S/C17H23N3O3/c1-12(21)14-3-5-15(6-4-14)19-17(23)11-20-9-7-16(8-10-20)18-13(2)22/h3-6,16H,7-11H2,1-2H3,(H,18,22)(H,19,23). The average molecular weight is 317 g/mol. The minimum absolute atomic E-state index is 0.00444. The summed E-state index contributed by atoms with van der Waals surface area (Å²) in [5, 5.41) is 5.75. The molecule has 6 nitrogen and oxygen atoms in total. The molecule has 2 amide bonds. The third-order valence-electron chi connectivity index (χ3n) is 3.94. The van der Waals surface area contributed by atoms with E-state index in [1.54, 1.807) is 24.3 Å². The Bertz CT molecular complexity index is 575. The Morgan fingerprint density at radius 3 is 2.22 bits per heavy atom. The number of carbonyl (C=O) groups is 3. The lowest BCUT2D eigenvalue weighted by molar-refractivity contribution is -0.121. The van der Waals surface area contributed by atoms with Gasteiger partial charge in [-0.05, 0) is 44.0 Å². The van der Waals surface area contributed by atoms with Crippen molar-refractivity contribution in [2.45, 2.75) is 32.7 Å². The summed E-state index contributed by atoms with van der Waals surface area (Å²) in [6, 6.07) is 7.09. The first-order valence-electron chi connectivity index (χ1n) is 7.84. The van der Waals surface area contributed by atoms with E-state index in [1.165, 1.54) is 13.8 Å². The van der Waals surface area contributed by atoms with Gasteiger partial charge in [-0.1, -0.05) is 0 Å². The van der Waals surface area contributed by atoms with E-state index in [0.29, 0.717) is 17.8 Å². The van der Waals surface area contributed by atoms with Gasteiger partial charge in [-0.15, -0.1) is 0 Å². The first-order valence-corrected chi connectivity index (χ1v) is 7.84. The van der Waals surface area contributed by atoms with E-state index in [-0.39, 0.29) is 23.6 Å². The second-order valence-corrected chi connectivity index (χ2v) is 5.93. The van der Waals surface area contributed by atoms with Gasteiger partial charge >= 0.3 is 0 Å². The third-order valence-corrected chi connectivity index (χ3v) is 3.94. The van der Waals surface area contributed by atoms with Crippen LogP contribution in [0.4, 0.5) is 5.69 Å². The highest BCUT2D eigenvalue weighted by atomic mass is 16.2. The molecule has 1 aromatic rings. The molecule has 0 saturated carbocycles. The van der Waals surface area contributed by atoms with Crippen molar-refractivity contribution in [3.05, 3.63) is 29.8 Å². The molecule has 2 rings (SSSR count). The Labute approximate surface area is 136 Å². The van der Waals surface area contributed by atoms with Gasteiger partial charge in [0.2, 0.25) is 11.8 Å². The number of rotatable bonds is 5. The van der Waals surface area contributed by atoms with Gasteiger partial charge < -0.3 is 10.6 Å². The molecule has 0 aromatic heterocycles. The Balaban J connectivity index is 1.77. The lowest BCUT2D eigenvalue weighted by Crippen LogP contribution is -2.46. The molecule has 0 unspecified atom stereocenters. The predicted octanol–water partition coefficient (Wildman–Crippen LogP) is 1.43. The first kappa shape index (κ1) is 17.1. The third kappa shape index (κ3) is 5.49. The van der Waals surface area contributed by atoms with Crippen LogP contribution >= 0.6 is 0 Å². The van der Waals surface area contributed by atoms with Crippen LogP contribution in [0.15, 0.2) is 24.3 Å². The smallest absolute Gasteiger partial charge is 0.238 e. The molecular formula is C17H23N3O3. The molecule has 0 radical (unpaired) electrons. The number of anilines is 1. The summed E-state index contributed by atoms with van der Waals surface area (Å²) in [5.41, 5.74) is 1.32. The van der Waals surface area contributed by atoms with Gasteiger partial charge in [0.25, 0.3) is 0 Å². The van der Waals surface area contributed by atoms with Gasteiger partial charge in [-0.3, -0.25) is 19.3 Å². The highest BCUT2D eigenvalue weighted by Crippen LogP contribution is 2.12. The molecule has 6 heteroatoms. The number of piperidine rings is 1. The number of carbonyl (C=O) groups excluding carboxylic acids is 3. The van der Waals surface area contributed by atoms with Crippen molar-refractivity contribution >= 4 is 23.3 Å². The van der Waals surface area contributed by atoms with Crippen LogP contribution in [-0.4, -0.2) is 48.2 Å². The van der Waals surface area contributed by atoms with Crippen LogP contribution in [0.1, 0.15) is 37.0 Å². The van der Waals surface area contributed by atoms with E-state index >= 15 is 0 Å². The molecule has 0 spiro atoms. The van der Waals surface area contributed by atoms with E-state index in [2.05, 4.69) is 15.5 Å². The van der Waals surface area contributed by atoms with Gasteiger partial charge in [-0.25, -0.2) is 0 Å². The quantitative estimate of drug-likeness (QED) is 0.805. The van der Waals surface area contributed by atoms with E-state index in [0.717, 1.165) is 25.9 Å². The van der Waals surface area contributed by atoms with E-state index in [1.807, 2.05) is 0 Å². The Morgan fingerprint density at radius 1 is 1.09 bits per heavy atom. The minimum Gasteiger partial charge on any atom is -0.354 e. The summed E-state index contributed by atoms with van der Waals surface area (Å²) in [7, 11) is 0. The van der Waals surface area contributed by atoms with Gasteiger partial charge in [-0.2, -0.15) is 0 Å². The topological polar surface area (TPSA) is 78.5 Å². The largest absolute Gasteiger partial charge is 0.354 e. The molecule has 1 heterocycles. The van der Waals surface area contributed by atoms with Crippen molar-refractivity contribution in [2.24, 2.45) is 0 Å². The first-order chi connectivity index (χ1) is 10.9. The zero-order chi connectivity index (χ0) is 16.8. The van der Waals surface area contributed by atoms with Crippen LogP contribution in [0.3, 0.4) is 0 Å². The zero-order valence-electron chi connectivity index (χ0n) is 13.6. The SMILES string of the molecule is CC(=O)NC1CCN(CC(=O)Nc2ccc(C(C)=O)cc2)CC1. The Hall–Kier alpha value is -2.21. The fraction of sp³-hybridized carbons (Fsp3) is 0.471. The summed E-state index contributed by atoms with van der Waals surface area (Å²) in [4.78, 5) is 36.4. The van der Waals surface area contributed by atoms with Gasteiger partial charge in [0.05, 0.1) is 6.54 Å². The molecule has 2 N–H and O–H groups in total. The number of nitrogens with zero attached hydrogens (tertiary/aromatic N) is 1. The van der Waals surface area contributed by atoms with E-state index in [9.17, 15) is 14.4 Å². The molecule has 1 aromatic carbocycles. The van der Waals surface area contributed by atoms with Crippen molar-refractivity contribution in [1.82, 2.24) is 10.2 Å². The molecule has 1 aliphatic rings. The van der Waals surface area contributed by atoms with Crippen LogP contribution in [0, 0.1) is 0 Å². The number of hydrogen-bond donors (Lipinski definition) is 2. The molecule has 124 valence electrons. The van der Waals surface area contributed by atoms with Gasteiger partial charge in [0.1, 0.15) is 0 Å². The maximum Gasteiger partial charge on any atom is 0.238 e. The van der Waals surface area contributed by atoms with Crippen LogP contribution in [0.25, 0.3) is 0 Å². The summed E-state index contributed by atoms with van der Waals surface area (Å²) in [6.45, 7) is 4.96. The molecule has 0 atom stereocenters. The number of ketones is 1. The number of amides is 2. The fourth-order valence-corrected chi connectivity index (χ4v) is 2.71. The van der Waals surface area contributed by atoms with Crippen molar-refractivity contribution in [1.29, 1.82) is 0 Å². The Kier molecular flexibility index (Phi) is 5.87. The summed E-state index contributed by atoms with van der Waals surface area (Å²) in [5.74, 6) is -0.0707. The molecule has 1 fully saturated rings. The Morgan fingerprint density at radius 2 is 1.70 bits per heavy atom. The number of benzene rings is 1. The highest BCUT2D eigenvalue weighted by Gasteiger charge is 2.21. The van der Waals surface area contributed by atoms with Crippen molar-refractivity contribution < 1.29 is 14.4 Å². The summed E-state index contributed by atoms with van der Waals surface area (Å²) >= 11 is 0. The molecule has 1 aliphatic heterocycles. The lowest BCUT2D eigenvalue weighted by atomic mass is 10.1. The average Bonchev–Trinajstić information content (AvgIpc) is 2.49. The van der Waals surface area contributed by atoms with Gasteiger partial charge in [0.15, 0.2) is 5.78 Å². The van der Waals surface area contributed by atoms with Crippen molar-refractivity contribution in [3.8, 4) is 0 Å². The zero-order valence-corrected chi connectivity index (χ0v) is 13.6. The van der Waals surface area contributed by atoms with Crippen molar-refractivity contribution in [2.75, 3.05) is 25.0 Å². The number of Topliss-reactive ketones (excluding diaryl/α,β-unsaturated/α-hetero) is 1. The molecule has 0 bridgehead atoms. The normalized spacial score (nSPS) is 15.9. The second kappa shape index (κ2) is 7.87. The van der Waals surface area contributed by atoms with Gasteiger partial charge in [0, 0.05) is 37.3 Å². The van der Waals surface area contributed by atoms with E-state index in [4.69, 9.17) is 0 Å². The lowest BCUT2D eigenvalue weighted by Gasteiger charge is -2.31. The number of hydrogen-bond acceptors (Lipinski definition) is 4. The predicted molar refractivity (Wildman–Crippen MR) is 88.4 cm³/mol. The van der Waals surface area contributed by atoms with Crippen LogP contribution in [0.5, 0.6) is 0 Å². The molecular weight excluding hydrogens is 294 g/mol. The van der Waals surface area contributed by atoms with Crippen LogP contribution in [-0.2, 0) is 9.59 Å². The summed E-state index contributed by atoms with van der Waals surface area (Å²) < 4.78 is 0. The molecule has 0 aliphatic carbocycles.